The number of thiophene rings is 1. The maximum absolute atomic E-state index is 14.0. The number of sulfonamides is 1. The van der Waals surface area contributed by atoms with Gasteiger partial charge in [0.05, 0.1) is 16.9 Å². The molecule has 0 saturated heterocycles. The molecule has 0 spiro atoms. The van der Waals surface area contributed by atoms with Crippen LogP contribution in [0.1, 0.15) is 25.1 Å². The number of nitrogens with zero attached hydrogens (tertiary/aromatic N) is 3. The van der Waals surface area contributed by atoms with Crippen LogP contribution >= 0.6 is 22.9 Å². The quantitative estimate of drug-likeness (QED) is 0.296. The van der Waals surface area contributed by atoms with Gasteiger partial charge >= 0.3 is 0 Å². The van der Waals surface area contributed by atoms with Crippen LogP contribution in [0.25, 0.3) is 10.9 Å². The minimum Gasteiger partial charge on any atom is -0.508 e. The number of pyridine rings is 1. The van der Waals surface area contributed by atoms with Crippen molar-refractivity contribution in [2.24, 2.45) is 0 Å². The molecule has 0 amide bonds. The van der Waals surface area contributed by atoms with Crippen LogP contribution in [0.3, 0.4) is 0 Å². The summed E-state index contributed by atoms with van der Waals surface area (Å²) in [5, 5.41) is 13.5. The molecule has 0 unspecified atom stereocenters. The fourth-order valence-corrected chi connectivity index (χ4v) is 6.62. The highest BCUT2D eigenvalue weighted by atomic mass is 35.5. The summed E-state index contributed by atoms with van der Waals surface area (Å²) in [5.41, 5.74) is 2.85. The lowest BCUT2D eigenvalue weighted by Gasteiger charge is -2.27. The number of aryl methyl sites for hydroxylation is 1. The fraction of sp³-hybridized carbons (Fsp3) is 0.240. The zero-order valence-corrected chi connectivity index (χ0v) is 21.6. The second-order valence-electron chi connectivity index (χ2n) is 7.92. The van der Waals surface area contributed by atoms with Crippen molar-refractivity contribution in [2.45, 2.75) is 31.5 Å². The number of halogens is 1. The van der Waals surface area contributed by atoms with E-state index >= 15 is 0 Å². The minimum absolute atomic E-state index is 0.131. The summed E-state index contributed by atoms with van der Waals surface area (Å²) < 4.78 is 29.5. The Hall–Kier alpha value is -2.65. The summed E-state index contributed by atoms with van der Waals surface area (Å²) in [4.78, 5) is 6.72. The number of phenols is 1. The normalized spacial score (nSPS) is 11.9. The molecule has 0 radical (unpaired) electrons. The smallest absolute Gasteiger partial charge is 0.278 e. The lowest BCUT2D eigenvalue weighted by atomic mass is 10.1. The van der Waals surface area contributed by atoms with Gasteiger partial charge in [0, 0.05) is 28.2 Å². The summed E-state index contributed by atoms with van der Waals surface area (Å²) in [5.74, 6) is 0.131. The van der Waals surface area contributed by atoms with Gasteiger partial charge in [0.2, 0.25) is 0 Å². The summed E-state index contributed by atoms with van der Waals surface area (Å²) in [6.45, 7) is 8.05. The average molecular weight is 516 g/mol. The third-order valence-corrected chi connectivity index (χ3v) is 9.02. The predicted octanol–water partition coefficient (Wildman–Crippen LogP) is 6.33. The summed E-state index contributed by atoms with van der Waals surface area (Å²) >= 11 is 7.36. The van der Waals surface area contributed by atoms with Gasteiger partial charge in [-0.1, -0.05) is 31.5 Å². The summed E-state index contributed by atoms with van der Waals surface area (Å²) in [6.07, 6.45) is 0. The van der Waals surface area contributed by atoms with E-state index in [1.165, 1.54) is 4.31 Å². The Morgan fingerprint density at radius 1 is 1.06 bits per heavy atom. The highest BCUT2D eigenvalue weighted by Crippen LogP contribution is 2.40. The molecule has 0 fully saturated rings. The lowest BCUT2D eigenvalue weighted by Crippen LogP contribution is -2.27. The number of phenolic OH excluding ortho intramolecular Hbond substituents is 1. The molecule has 0 aliphatic carbocycles. The molecule has 2 heterocycles. The van der Waals surface area contributed by atoms with E-state index in [4.69, 9.17) is 11.6 Å². The van der Waals surface area contributed by atoms with E-state index in [2.05, 4.69) is 23.7 Å². The first-order chi connectivity index (χ1) is 16.2. The van der Waals surface area contributed by atoms with E-state index in [1.54, 1.807) is 60.0 Å². The van der Waals surface area contributed by atoms with Gasteiger partial charge in [-0.15, -0.1) is 11.3 Å². The lowest BCUT2D eigenvalue weighted by molar-refractivity contribution is 0.291. The van der Waals surface area contributed by atoms with Crippen LogP contribution in [0.2, 0.25) is 5.02 Å². The topological polar surface area (TPSA) is 73.7 Å². The Morgan fingerprint density at radius 2 is 1.82 bits per heavy atom. The molecule has 2 aromatic heterocycles. The number of aromatic hydroxyl groups is 1. The van der Waals surface area contributed by atoms with E-state index in [0.717, 1.165) is 24.4 Å². The van der Waals surface area contributed by atoms with Gasteiger partial charge in [-0.2, -0.15) is 8.42 Å². The fourth-order valence-electron chi connectivity index (χ4n) is 3.90. The standard InChI is InChI=1S/C25H26ClN3O3S2/c1-4-28(5-2)16-18-14-20(9-11-24(18)30)29(34(31,32)25-7-6-12-33-25)23-13-17(3)27-22-15-19(26)8-10-21(22)23/h6-15,30H,4-5,16H2,1-3H3. The largest absolute Gasteiger partial charge is 0.508 e. The molecular formula is C25H26ClN3O3S2. The SMILES string of the molecule is CCN(CC)Cc1cc(N(c2cc(C)nc3cc(Cl)ccc23)S(=O)(=O)c2cccs2)ccc1O. The van der Waals surface area contributed by atoms with Gasteiger partial charge in [0.1, 0.15) is 9.96 Å². The number of benzene rings is 2. The predicted molar refractivity (Wildman–Crippen MR) is 140 cm³/mol. The monoisotopic (exact) mass is 515 g/mol. The number of fused-ring (bicyclic) bond motifs is 1. The van der Waals surface area contributed by atoms with E-state index in [0.29, 0.717) is 45.1 Å². The Labute approximate surface area is 209 Å². The number of hydrogen-bond donors (Lipinski definition) is 1. The summed E-state index contributed by atoms with van der Waals surface area (Å²) in [6, 6.07) is 15.2. The maximum atomic E-state index is 14.0. The Morgan fingerprint density at radius 3 is 2.50 bits per heavy atom. The number of hydrogen-bond acceptors (Lipinski definition) is 6. The molecule has 1 N–H and O–H groups in total. The van der Waals surface area contributed by atoms with Crippen molar-refractivity contribution < 1.29 is 13.5 Å². The number of rotatable bonds is 8. The second kappa shape index (κ2) is 9.92. The summed E-state index contributed by atoms with van der Waals surface area (Å²) in [7, 11) is -3.96. The van der Waals surface area contributed by atoms with Gasteiger partial charge in [0.25, 0.3) is 10.0 Å². The molecule has 4 aromatic rings. The van der Waals surface area contributed by atoms with E-state index < -0.39 is 10.0 Å². The van der Waals surface area contributed by atoms with E-state index in [9.17, 15) is 13.5 Å². The second-order valence-corrected chi connectivity index (χ2v) is 11.3. The zero-order chi connectivity index (χ0) is 24.5. The van der Waals surface area contributed by atoms with Crippen LogP contribution in [0.4, 0.5) is 11.4 Å². The maximum Gasteiger partial charge on any atom is 0.278 e. The number of anilines is 2. The van der Waals surface area contributed by atoms with E-state index in [1.807, 2.05) is 6.92 Å². The van der Waals surface area contributed by atoms with Crippen LogP contribution in [-0.4, -0.2) is 36.5 Å². The molecule has 0 atom stereocenters. The van der Waals surface area contributed by atoms with Gasteiger partial charge in [-0.25, -0.2) is 4.31 Å². The third-order valence-electron chi connectivity index (χ3n) is 5.67. The molecule has 0 aliphatic rings. The molecule has 0 aliphatic heterocycles. The van der Waals surface area contributed by atoms with E-state index in [-0.39, 0.29) is 9.96 Å². The van der Waals surface area contributed by atoms with Crippen molar-refractivity contribution in [1.82, 2.24) is 9.88 Å². The highest BCUT2D eigenvalue weighted by Gasteiger charge is 2.30. The molecule has 4 rings (SSSR count). The molecule has 0 saturated carbocycles. The van der Waals surface area contributed by atoms with Crippen LogP contribution in [0.15, 0.2) is 64.2 Å². The van der Waals surface area contributed by atoms with Gasteiger partial charge in [0.15, 0.2) is 0 Å². The Bertz CT molecular complexity index is 1410. The highest BCUT2D eigenvalue weighted by molar-refractivity contribution is 7.95. The van der Waals surface area contributed by atoms with Crippen molar-refractivity contribution in [2.75, 3.05) is 17.4 Å². The Kier molecular flexibility index (Phi) is 7.14. The van der Waals surface area contributed by atoms with Crippen LogP contribution in [0, 0.1) is 6.92 Å². The van der Waals surface area contributed by atoms with Gasteiger partial charge in [-0.05, 0) is 73.9 Å². The molecule has 34 heavy (non-hydrogen) atoms. The Balaban J connectivity index is 1.98. The van der Waals surface area contributed by atoms with Crippen molar-refractivity contribution in [3.8, 4) is 5.75 Å². The average Bonchev–Trinajstić information content (AvgIpc) is 3.35. The molecule has 2 aromatic carbocycles. The van der Waals surface area contributed by atoms with Crippen LogP contribution in [0.5, 0.6) is 5.75 Å². The van der Waals surface area contributed by atoms with Crippen molar-refractivity contribution in [1.29, 1.82) is 0 Å². The first-order valence-corrected chi connectivity index (χ1v) is 13.6. The molecule has 178 valence electrons. The molecular weight excluding hydrogens is 490 g/mol. The van der Waals surface area contributed by atoms with Gasteiger partial charge < -0.3 is 5.11 Å². The molecule has 0 bridgehead atoms. The van der Waals surface area contributed by atoms with Crippen molar-refractivity contribution >= 4 is 55.2 Å². The first-order valence-electron chi connectivity index (χ1n) is 10.9. The molecule has 9 heteroatoms. The third kappa shape index (κ3) is 4.77. The van der Waals surface area contributed by atoms with Crippen LogP contribution < -0.4 is 4.31 Å². The van der Waals surface area contributed by atoms with Crippen molar-refractivity contribution in [3.05, 3.63) is 76.3 Å². The van der Waals surface area contributed by atoms with Crippen LogP contribution in [-0.2, 0) is 16.6 Å². The first kappa shape index (κ1) is 24.5. The van der Waals surface area contributed by atoms with Crippen molar-refractivity contribution in [3.63, 3.8) is 0 Å². The molecule has 6 nitrogen and oxygen atoms in total. The number of aromatic nitrogens is 1. The van der Waals surface area contributed by atoms with Gasteiger partial charge in [-0.3, -0.25) is 9.88 Å². The minimum atomic E-state index is -3.96. The zero-order valence-electron chi connectivity index (χ0n) is 19.2.